The molecule has 176 valence electrons. The highest BCUT2D eigenvalue weighted by Crippen LogP contribution is 2.24. The van der Waals surface area contributed by atoms with E-state index in [0.29, 0.717) is 12.8 Å². The molecule has 2 N–H and O–H groups in total. The molecule has 32 heavy (non-hydrogen) atoms. The monoisotopic (exact) mass is 466 g/mol. The summed E-state index contributed by atoms with van der Waals surface area (Å²) in [7, 11) is -2.62. The van der Waals surface area contributed by atoms with Gasteiger partial charge in [0.2, 0.25) is 21.8 Å². The van der Waals surface area contributed by atoms with Crippen LogP contribution in [0, 0.1) is 5.92 Å². The van der Waals surface area contributed by atoms with Gasteiger partial charge in [0, 0.05) is 25.6 Å². The highest BCUT2D eigenvalue weighted by molar-refractivity contribution is 7.89. The molecule has 2 aliphatic heterocycles. The summed E-state index contributed by atoms with van der Waals surface area (Å²) in [5, 5.41) is 5.77. The number of sulfonamides is 1. The number of carbonyl (C=O) groups is 3. The zero-order valence-electron chi connectivity index (χ0n) is 18.3. The molecule has 0 radical (unpaired) electrons. The van der Waals surface area contributed by atoms with Crippen LogP contribution in [-0.4, -0.2) is 87.3 Å². The fourth-order valence-corrected chi connectivity index (χ4v) is 5.51. The molecule has 11 heteroatoms. The third-order valence-corrected chi connectivity index (χ3v) is 7.79. The molecule has 2 amide bonds. The summed E-state index contributed by atoms with van der Waals surface area (Å²) in [4.78, 5) is 39.7. The van der Waals surface area contributed by atoms with Crippen molar-refractivity contribution in [2.24, 2.45) is 5.92 Å². The number of hydrogen-bond donors (Lipinski definition) is 2. The van der Waals surface area contributed by atoms with E-state index in [-0.39, 0.29) is 36.4 Å². The number of piperidine rings is 1. The lowest BCUT2D eigenvalue weighted by atomic mass is 9.95. The number of esters is 1. The van der Waals surface area contributed by atoms with Gasteiger partial charge in [0.1, 0.15) is 12.1 Å². The lowest BCUT2D eigenvalue weighted by Gasteiger charge is -2.42. The van der Waals surface area contributed by atoms with E-state index >= 15 is 0 Å². The van der Waals surface area contributed by atoms with Gasteiger partial charge < -0.3 is 20.3 Å². The Morgan fingerprint density at radius 1 is 1.12 bits per heavy atom. The second-order valence-corrected chi connectivity index (χ2v) is 9.94. The predicted molar refractivity (Wildman–Crippen MR) is 116 cm³/mol. The fraction of sp³-hybridized carbons (Fsp3) is 0.571. The molecule has 1 aromatic carbocycles. The van der Waals surface area contributed by atoms with Crippen molar-refractivity contribution in [3.63, 3.8) is 0 Å². The summed E-state index contributed by atoms with van der Waals surface area (Å²) >= 11 is 0. The Labute approximate surface area is 188 Å². The fourth-order valence-electron chi connectivity index (χ4n) is 4.05. The SMILES string of the molecule is COC(=O)C(C)NC(=O)C1CN(S(=O)(=O)c2ccccc2)CCN1C(=O)C1CCNCC1. The van der Waals surface area contributed by atoms with Crippen LogP contribution >= 0.6 is 0 Å². The Morgan fingerprint density at radius 2 is 1.78 bits per heavy atom. The molecule has 0 aliphatic carbocycles. The summed E-state index contributed by atoms with van der Waals surface area (Å²) in [5.41, 5.74) is 0. The number of nitrogens with one attached hydrogen (secondary N) is 2. The van der Waals surface area contributed by atoms with Crippen molar-refractivity contribution < 1.29 is 27.5 Å². The first-order valence-corrected chi connectivity index (χ1v) is 12.1. The van der Waals surface area contributed by atoms with Gasteiger partial charge in [-0.15, -0.1) is 0 Å². The number of amides is 2. The van der Waals surface area contributed by atoms with Gasteiger partial charge in [0.15, 0.2) is 0 Å². The predicted octanol–water partition coefficient (Wildman–Crippen LogP) is -0.435. The van der Waals surface area contributed by atoms with E-state index in [1.165, 1.54) is 35.4 Å². The van der Waals surface area contributed by atoms with Gasteiger partial charge in [-0.05, 0) is 45.0 Å². The maximum Gasteiger partial charge on any atom is 0.328 e. The minimum atomic E-state index is -3.84. The van der Waals surface area contributed by atoms with E-state index in [2.05, 4.69) is 15.4 Å². The number of methoxy groups -OCH3 is 1. The van der Waals surface area contributed by atoms with Gasteiger partial charge in [-0.1, -0.05) is 18.2 Å². The van der Waals surface area contributed by atoms with Crippen molar-refractivity contribution in [3.8, 4) is 0 Å². The van der Waals surface area contributed by atoms with Gasteiger partial charge in [0.25, 0.3) is 0 Å². The van der Waals surface area contributed by atoms with Crippen LogP contribution in [0.5, 0.6) is 0 Å². The van der Waals surface area contributed by atoms with Crippen molar-refractivity contribution >= 4 is 27.8 Å². The molecule has 0 aromatic heterocycles. The van der Waals surface area contributed by atoms with Crippen LogP contribution in [0.2, 0.25) is 0 Å². The second kappa shape index (κ2) is 10.4. The highest BCUT2D eigenvalue weighted by Gasteiger charge is 2.42. The van der Waals surface area contributed by atoms with Gasteiger partial charge in [0.05, 0.1) is 12.0 Å². The van der Waals surface area contributed by atoms with Crippen LogP contribution in [0.1, 0.15) is 19.8 Å². The number of rotatable bonds is 6. The molecule has 3 rings (SSSR count). The number of nitrogens with zero attached hydrogens (tertiary/aromatic N) is 2. The third-order valence-electron chi connectivity index (χ3n) is 5.91. The van der Waals surface area contributed by atoms with Crippen LogP contribution < -0.4 is 10.6 Å². The Balaban J connectivity index is 1.84. The molecule has 2 atom stereocenters. The van der Waals surface area contributed by atoms with Crippen molar-refractivity contribution in [1.82, 2.24) is 19.8 Å². The van der Waals surface area contributed by atoms with Gasteiger partial charge >= 0.3 is 5.97 Å². The molecule has 0 bridgehead atoms. The second-order valence-electron chi connectivity index (χ2n) is 8.00. The molecule has 2 unspecified atom stereocenters. The van der Waals surface area contributed by atoms with Crippen molar-refractivity contribution in [2.75, 3.05) is 39.8 Å². The van der Waals surface area contributed by atoms with E-state index in [9.17, 15) is 22.8 Å². The summed E-state index contributed by atoms with van der Waals surface area (Å²) in [6.07, 6.45) is 1.32. The molecular weight excluding hydrogens is 436 g/mol. The Hall–Kier alpha value is -2.50. The zero-order valence-corrected chi connectivity index (χ0v) is 19.1. The minimum Gasteiger partial charge on any atom is -0.467 e. The maximum atomic E-state index is 13.2. The van der Waals surface area contributed by atoms with Gasteiger partial charge in [-0.25, -0.2) is 13.2 Å². The number of piperazine rings is 1. The average Bonchev–Trinajstić information content (AvgIpc) is 2.83. The summed E-state index contributed by atoms with van der Waals surface area (Å²) in [6.45, 7) is 2.91. The molecule has 0 saturated carbocycles. The van der Waals surface area contributed by atoms with Crippen molar-refractivity contribution in [1.29, 1.82) is 0 Å². The molecular formula is C21H30N4O6S. The maximum absolute atomic E-state index is 13.2. The average molecular weight is 467 g/mol. The van der Waals surface area contributed by atoms with Crippen molar-refractivity contribution in [3.05, 3.63) is 30.3 Å². The van der Waals surface area contributed by atoms with Crippen molar-refractivity contribution in [2.45, 2.75) is 36.7 Å². The summed E-state index contributed by atoms with van der Waals surface area (Å²) in [5.74, 6) is -1.59. The first-order valence-electron chi connectivity index (χ1n) is 10.7. The van der Waals surface area contributed by atoms with E-state index in [1.54, 1.807) is 18.2 Å². The van der Waals surface area contributed by atoms with Crippen LogP contribution in [0.25, 0.3) is 0 Å². The number of hydrogen-bond acceptors (Lipinski definition) is 7. The number of benzene rings is 1. The van der Waals surface area contributed by atoms with Crippen LogP contribution in [0.3, 0.4) is 0 Å². The Morgan fingerprint density at radius 3 is 2.41 bits per heavy atom. The number of ether oxygens (including phenoxy) is 1. The van der Waals surface area contributed by atoms with Crippen LogP contribution in [-0.2, 0) is 29.1 Å². The quantitative estimate of drug-likeness (QED) is 0.545. The molecule has 2 heterocycles. The summed E-state index contributed by atoms with van der Waals surface area (Å²) < 4.78 is 32.1. The lowest BCUT2D eigenvalue weighted by Crippen LogP contribution is -2.63. The van der Waals surface area contributed by atoms with E-state index in [1.807, 2.05) is 0 Å². The van der Waals surface area contributed by atoms with E-state index in [4.69, 9.17) is 0 Å². The van der Waals surface area contributed by atoms with Crippen LogP contribution in [0.4, 0.5) is 0 Å². The van der Waals surface area contributed by atoms with E-state index in [0.717, 1.165) is 13.1 Å². The van der Waals surface area contributed by atoms with E-state index < -0.39 is 34.0 Å². The minimum absolute atomic E-state index is 0.0876. The largest absolute Gasteiger partial charge is 0.467 e. The smallest absolute Gasteiger partial charge is 0.328 e. The molecule has 2 aliphatic rings. The molecule has 1 aromatic rings. The number of carbonyl (C=O) groups excluding carboxylic acids is 3. The van der Waals surface area contributed by atoms with Gasteiger partial charge in [-0.3, -0.25) is 9.59 Å². The topological polar surface area (TPSA) is 125 Å². The zero-order chi connectivity index (χ0) is 23.3. The Kier molecular flexibility index (Phi) is 7.86. The standard InChI is InChI=1S/C21H30N4O6S/c1-15(21(28)31-2)23-19(26)18-14-24(32(29,30)17-6-4-3-5-7-17)12-13-25(18)20(27)16-8-10-22-11-9-16/h3-7,15-16,18,22H,8-14H2,1-2H3,(H,23,26). The highest BCUT2D eigenvalue weighted by atomic mass is 32.2. The normalized spacial score (nSPS) is 21.6. The third kappa shape index (κ3) is 5.28. The summed E-state index contributed by atoms with van der Waals surface area (Å²) in [6, 6.07) is 6.00. The Bertz CT molecular complexity index is 933. The lowest BCUT2D eigenvalue weighted by molar-refractivity contribution is -0.149. The molecule has 10 nitrogen and oxygen atoms in total. The molecule has 2 fully saturated rings. The van der Waals surface area contributed by atoms with Crippen LogP contribution in [0.15, 0.2) is 35.2 Å². The molecule has 2 saturated heterocycles. The first-order chi connectivity index (χ1) is 15.3. The molecule has 0 spiro atoms. The van der Waals surface area contributed by atoms with Gasteiger partial charge in [-0.2, -0.15) is 4.31 Å². The first kappa shape index (κ1) is 24.1.